The molecule has 0 aliphatic rings. The van der Waals surface area contributed by atoms with E-state index in [1.54, 1.807) is 18.2 Å². The van der Waals surface area contributed by atoms with Gasteiger partial charge in [-0.3, -0.25) is 0 Å². The van der Waals surface area contributed by atoms with Crippen LogP contribution >= 0.6 is 0 Å². The van der Waals surface area contributed by atoms with Gasteiger partial charge in [0, 0.05) is 5.56 Å². The second-order valence-electron chi connectivity index (χ2n) is 3.46. The minimum atomic E-state index is -1.13. The summed E-state index contributed by atoms with van der Waals surface area (Å²) in [4.78, 5) is 10.9. The van der Waals surface area contributed by atoms with E-state index in [1.165, 1.54) is 6.07 Å². The maximum absolute atomic E-state index is 10.9. The van der Waals surface area contributed by atoms with Crippen molar-refractivity contribution in [1.82, 2.24) is 0 Å². The molecular weight excluding hydrogens is 204 g/mol. The summed E-state index contributed by atoms with van der Waals surface area (Å²) < 4.78 is 0. The topological polar surface area (TPSA) is 57.5 Å². The standard InChI is InChI=1S/C13H10O3/c1-8(13(15)16)12-10-5-3-2-4-9(10)6-7-11(12)14/h2-7,14H,1H2,(H,15,16). The molecule has 0 bridgehead atoms. The minimum absolute atomic E-state index is 0.0638. The van der Waals surface area contributed by atoms with Crippen molar-refractivity contribution in [3.63, 3.8) is 0 Å². The summed E-state index contributed by atoms with van der Waals surface area (Å²) >= 11 is 0. The lowest BCUT2D eigenvalue weighted by atomic mass is 9.98. The fourth-order valence-corrected chi connectivity index (χ4v) is 1.68. The van der Waals surface area contributed by atoms with E-state index in [1.807, 2.05) is 12.1 Å². The van der Waals surface area contributed by atoms with Crippen LogP contribution < -0.4 is 0 Å². The normalized spacial score (nSPS) is 10.2. The van der Waals surface area contributed by atoms with Crippen molar-refractivity contribution >= 4 is 22.3 Å². The summed E-state index contributed by atoms with van der Waals surface area (Å²) in [6, 6.07) is 10.5. The van der Waals surface area contributed by atoms with Crippen molar-refractivity contribution in [2.24, 2.45) is 0 Å². The number of carboxylic acid groups (broad SMARTS) is 1. The highest BCUT2D eigenvalue weighted by Crippen LogP contribution is 2.32. The van der Waals surface area contributed by atoms with E-state index in [2.05, 4.69) is 6.58 Å². The number of aromatic hydroxyl groups is 1. The SMILES string of the molecule is C=C(C(=O)O)c1c(O)ccc2ccccc12. The first kappa shape index (κ1) is 10.2. The predicted molar refractivity (Wildman–Crippen MR) is 62.3 cm³/mol. The fourth-order valence-electron chi connectivity index (χ4n) is 1.68. The molecule has 16 heavy (non-hydrogen) atoms. The monoisotopic (exact) mass is 214 g/mol. The van der Waals surface area contributed by atoms with Gasteiger partial charge < -0.3 is 10.2 Å². The molecule has 0 aliphatic heterocycles. The van der Waals surface area contributed by atoms with Crippen molar-refractivity contribution in [2.75, 3.05) is 0 Å². The van der Waals surface area contributed by atoms with Gasteiger partial charge >= 0.3 is 5.97 Å². The van der Waals surface area contributed by atoms with E-state index in [9.17, 15) is 9.90 Å². The molecule has 0 unspecified atom stereocenters. The Morgan fingerprint density at radius 3 is 2.50 bits per heavy atom. The minimum Gasteiger partial charge on any atom is -0.507 e. The van der Waals surface area contributed by atoms with Crippen LogP contribution in [0.5, 0.6) is 5.75 Å². The van der Waals surface area contributed by atoms with Crippen LogP contribution in [0.4, 0.5) is 0 Å². The van der Waals surface area contributed by atoms with Gasteiger partial charge in [-0.15, -0.1) is 0 Å². The zero-order chi connectivity index (χ0) is 11.7. The van der Waals surface area contributed by atoms with Crippen molar-refractivity contribution in [1.29, 1.82) is 0 Å². The number of benzene rings is 2. The van der Waals surface area contributed by atoms with Crippen LogP contribution in [0.1, 0.15) is 5.56 Å². The third kappa shape index (κ3) is 1.52. The first-order valence-corrected chi connectivity index (χ1v) is 4.74. The summed E-state index contributed by atoms with van der Waals surface area (Å²) in [6.45, 7) is 3.48. The van der Waals surface area contributed by atoms with Crippen LogP contribution in [0.25, 0.3) is 16.3 Å². The number of carboxylic acids is 1. The van der Waals surface area contributed by atoms with E-state index >= 15 is 0 Å². The molecule has 3 heteroatoms. The van der Waals surface area contributed by atoms with Crippen molar-refractivity contribution in [2.45, 2.75) is 0 Å². The summed E-state index contributed by atoms with van der Waals surface area (Å²) in [5, 5.41) is 20.2. The first-order valence-electron chi connectivity index (χ1n) is 4.74. The molecule has 0 aliphatic carbocycles. The van der Waals surface area contributed by atoms with Gasteiger partial charge in [-0.1, -0.05) is 36.9 Å². The first-order chi connectivity index (χ1) is 7.61. The molecule has 80 valence electrons. The Morgan fingerprint density at radius 2 is 1.81 bits per heavy atom. The quantitative estimate of drug-likeness (QED) is 0.755. The lowest BCUT2D eigenvalue weighted by molar-refractivity contribution is -0.130. The third-order valence-electron chi connectivity index (χ3n) is 2.47. The molecule has 2 aromatic rings. The van der Waals surface area contributed by atoms with Crippen LogP contribution in [0.15, 0.2) is 43.0 Å². The Hall–Kier alpha value is -2.29. The van der Waals surface area contributed by atoms with Crippen LogP contribution in [0.2, 0.25) is 0 Å². The van der Waals surface area contributed by atoms with Gasteiger partial charge in [0.05, 0.1) is 5.57 Å². The number of fused-ring (bicyclic) bond motifs is 1. The van der Waals surface area contributed by atoms with Crippen LogP contribution in [-0.2, 0) is 4.79 Å². The maximum atomic E-state index is 10.9. The summed E-state index contributed by atoms with van der Waals surface area (Å²) in [7, 11) is 0. The lowest BCUT2D eigenvalue weighted by Gasteiger charge is -2.08. The zero-order valence-electron chi connectivity index (χ0n) is 8.47. The fraction of sp³-hybridized carbons (Fsp3) is 0. The average Bonchev–Trinajstić information content (AvgIpc) is 2.28. The number of carbonyl (C=O) groups is 1. The molecular formula is C13H10O3. The molecule has 0 spiro atoms. The molecule has 0 saturated heterocycles. The molecule has 3 nitrogen and oxygen atoms in total. The van der Waals surface area contributed by atoms with Crippen molar-refractivity contribution in [3.05, 3.63) is 48.5 Å². The second-order valence-corrected chi connectivity index (χ2v) is 3.46. The number of phenols is 1. The Kier molecular flexibility index (Phi) is 2.37. The van der Waals surface area contributed by atoms with Crippen molar-refractivity contribution < 1.29 is 15.0 Å². The number of rotatable bonds is 2. The molecule has 0 fully saturated rings. The highest BCUT2D eigenvalue weighted by atomic mass is 16.4. The van der Waals surface area contributed by atoms with Gasteiger partial charge in [-0.05, 0) is 16.8 Å². The summed E-state index contributed by atoms with van der Waals surface area (Å²) in [6.07, 6.45) is 0. The molecule has 0 atom stereocenters. The van der Waals surface area contributed by atoms with Gasteiger partial charge in [-0.2, -0.15) is 0 Å². The highest BCUT2D eigenvalue weighted by molar-refractivity contribution is 6.19. The van der Waals surface area contributed by atoms with E-state index in [0.717, 1.165) is 5.39 Å². The van der Waals surface area contributed by atoms with Gasteiger partial charge in [0.2, 0.25) is 0 Å². The Bertz CT molecular complexity index is 585. The molecule has 0 radical (unpaired) electrons. The van der Waals surface area contributed by atoms with Gasteiger partial charge in [0.15, 0.2) is 0 Å². The molecule has 0 amide bonds. The molecule has 2 rings (SSSR count). The molecule has 0 heterocycles. The predicted octanol–water partition coefficient (Wildman–Crippen LogP) is 2.64. The number of aliphatic carboxylic acids is 1. The Labute approximate surface area is 92.3 Å². The highest BCUT2D eigenvalue weighted by Gasteiger charge is 2.14. The molecule has 0 saturated carbocycles. The number of hydrogen-bond donors (Lipinski definition) is 2. The lowest BCUT2D eigenvalue weighted by Crippen LogP contribution is -1.99. The van der Waals surface area contributed by atoms with E-state index in [4.69, 9.17) is 5.11 Å². The van der Waals surface area contributed by atoms with E-state index < -0.39 is 5.97 Å². The van der Waals surface area contributed by atoms with Crippen molar-refractivity contribution in [3.8, 4) is 5.75 Å². The average molecular weight is 214 g/mol. The van der Waals surface area contributed by atoms with Crippen LogP contribution in [-0.4, -0.2) is 16.2 Å². The van der Waals surface area contributed by atoms with Crippen LogP contribution in [0, 0.1) is 0 Å². The third-order valence-corrected chi connectivity index (χ3v) is 2.47. The molecule has 0 aromatic heterocycles. The number of hydrogen-bond acceptors (Lipinski definition) is 2. The van der Waals surface area contributed by atoms with Gasteiger partial charge in [0.1, 0.15) is 5.75 Å². The van der Waals surface area contributed by atoms with Gasteiger partial charge in [0.25, 0.3) is 0 Å². The second kappa shape index (κ2) is 3.70. The summed E-state index contributed by atoms with van der Waals surface area (Å²) in [5.74, 6) is -1.20. The van der Waals surface area contributed by atoms with Gasteiger partial charge in [-0.25, -0.2) is 4.79 Å². The Balaban J connectivity index is 2.80. The molecule has 2 aromatic carbocycles. The molecule has 2 N–H and O–H groups in total. The Morgan fingerprint density at radius 1 is 1.12 bits per heavy atom. The van der Waals surface area contributed by atoms with E-state index in [-0.39, 0.29) is 16.9 Å². The largest absolute Gasteiger partial charge is 0.507 e. The number of phenolic OH excluding ortho intramolecular Hbond substituents is 1. The smallest absolute Gasteiger partial charge is 0.335 e. The summed E-state index contributed by atoms with van der Waals surface area (Å²) in [5.41, 5.74) is 0.180. The zero-order valence-corrected chi connectivity index (χ0v) is 8.47. The van der Waals surface area contributed by atoms with Crippen LogP contribution in [0.3, 0.4) is 0 Å². The maximum Gasteiger partial charge on any atom is 0.335 e. The van der Waals surface area contributed by atoms with E-state index in [0.29, 0.717) is 5.39 Å².